The van der Waals surface area contributed by atoms with Crippen LogP contribution in [-0.2, 0) is 0 Å². The maximum atomic E-state index is 8.69. The van der Waals surface area contributed by atoms with Gasteiger partial charge in [-0.25, -0.2) is 0 Å². The summed E-state index contributed by atoms with van der Waals surface area (Å²) < 4.78 is 5.78. The third-order valence-electron chi connectivity index (χ3n) is 3.81. The first-order valence-electron chi connectivity index (χ1n) is 7.32. The van der Waals surface area contributed by atoms with Gasteiger partial charge >= 0.3 is 0 Å². The lowest BCUT2D eigenvalue weighted by atomic mass is 10.2. The molecule has 108 valence electrons. The first-order chi connectivity index (χ1) is 9.79. The maximum Gasteiger partial charge on any atom is 0.120 e. The summed E-state index contributed by atoms with van der Waals surface area (Å²) in [6, 6.07) is 8.44. The van der Waals surface area contributed by atoms with Crippen molar-refractivity contribution in [3.8, 4) is 17.6 Å². The highest BCUT2D eigenvalue weighted by molar-refractivity contribution is 5.39. The van der Waals surface area contributed by atoms with Crippen molar-refractivity contribution in [1.82, 2.24) is 4.90 Å². The number of benzene rings is 1. The van der Waals surface area contributed by atoms with Crippen LogP contribution in [0.3, 0.4) is 0 Å². The topological polar surface area (TPSA) is 32.7 Å². The van der Waals surface area contributed by atoms with Gasteiger partial charge in [-0.3, -0.25) is 0 Å². The molecule has 20 heavy (non-hydrogen) atoms. The molecule has 1 fully saturated rings. The summed E-state index contributed by atoms with van der Waals surface area (Å²) in [5.74, 6) is 6.38. The Morgan fingerprint density at radius 3 is 2.90 bits per heavy atom. The second-order valence-electron chi connectivity index (χ2n) is 5.26. The molecule has 1 aliphatic carbocycles. The Kier molecular flexibility index (Phi) is 5.91. The maximum absolute atomic E-state index is 8.69. The standard InChI is InChI=1S/C17H23NO2/c1-18(16-8-2-3-9-16)11-13-20-17-10-4-6-15(14-17)7-5-12-19/h4,6,10,14,16,19H,2-3,8-9,11-13H2,1H3. The van der Waals surface area contributed by atoms with Crippen LogP contribution in [0.15, 0.2) is 24.3 Å². The Labute approximate surface area is 121 Å². The van der Waals surface area contributed by atoms with Gasteiger partial charge in [0.05, 0.1) is 0 Å². The van der Waals surface area contributed by atoms with Crippen LogP contribution in [0.25, 0.3) is 0 Å². The molecule has 2 rings (SSSR count). The molecule has 0 spiro atoms. The van der Waals surface area contributed by atoms with E-state index in [4.69, 9.17) is 9.84 Å². The quantitative estimate of drug-likeness (QED) is 0.836. The largest absolute Gasteiger partial charge is 0.492 e. The fraction of sp³-hybridized carbons (Fsp3) is 0.529. The number of likely N-dealkylation sites (N-methyl/N-ethyl adjacent to an activating group) is 1. The molecule has 1 N–H and O–H groups in total. The van der Waals surface area contributed by atoms with Crippen molar-refractivity contribution in [1.29, 1.82) is 0 Å². The first-order valence-corrected chi connectivity index (χ1v) is 7.32. The summed E-state index contributed by atoms with van der Waals surface area (Å²) in [4.78, 5) is 2.41. The summed E-state index contributed by atoms with van der Waals surface area (Å²) >= 11 is 0. The predicted octanol–water partition coefficient (Wildman–Crippen LogP) is 2.28. The van der Waals surface area contributed by atoms with E-state index in [1.165, 1.54) is 25.7 Å². The molecule has 0 atom stereocenters. The van der Waals surface area contributed by atoms with E-state index < -0.39 is 0 Å². The SMILES string of the molecule is CN(CCOc1cccc(C#CCO)c1)C1CCCC1. The zero-order chi connectivity index (χ0) is 14.2. The van der Waals surface area contributed by atoms with E-state index in [1.807, 2.05) is 24.3 Å². The fourth-order valence-electron chi connectivity index (χ4n) is 2.64. The van der Waals surface area contributed by atoms with Crippen molar-refractivity contribution in [3.05, 3.63) is 29.8 Å². The minimum atomic E-state index is -0.114. The van der Waals surface area contributed by atoms with Crippen LogP contribution in [-0.4, -0.2) is 42.9 Å². The summed E-state index contributed by atoms with van der Waals surface area (Å²) in [5, 5.41) is 8.69. The van der Waals surface area contributed by atoms with Crippen molar-refractivity contribution < 1.29 is 9.84 Å². The fourth-order valence-corrected chi connectivity index (χ4v) is 2.64. The number of ether oxygens (including phenoxy) is 1. The van der Waals surface area contributed by atoms with Crippen LogP contribution in [0, 0.1) is 11.8 Å². The highest BCUT2D eigenvalue weighted by atomic mass is 16.5. The Morgan fingerprint density at radius 1 is 1.35 bits per heavy atom. The molecule has 1 saturated carbocycles. The summed E-state index contributed by atoms with van der Waals surface area (Å²) in [5.41, 5.74) is 0.876. The number of aliphatic hydroxyl groups excluding tert-OH is 1. The van der Waals surface area contributed by atoms with Gasteiger partial charge in [0.1, 0.15) is 19.0 Å². The van der Waals surface area contributed by atoms with Crippen LogP contribution >= 0.6 is 0 Å². The Balaban J connectivity index is 1.78. The van der Waals surface area contributed by atoms with Gasteiger partial charge < -0.3 is 14.7 Å². The Morgan fingerprint density at radius 2 is 2.15 bits per heavy atom. The molecule has 0 aromatic heterocycles. The molecule has 0 aliphatic heterocycles. The van der Waals surface area contributed by atoms with E-state index in [1.54, 1.807) is 0 Å². The molecule has 1 aromatic rings. The summed E-state index contributed by atoms with van der Waals surface area (Å²) in [6.45, 7) is 1.54. The monoisotopic (exact) mass is 273 g/mol. The average Bonchev–Trinajstić information content (AvgIpc) is 3.00. The van der Waals surface area contributed by atoms with E-state index in [0.29, 0.717) is 6.61 Å². The molecule has 1 aliphatic rings. The summed E-state index contributed by atoms with van der Waals surface area (Å²) in [6.07, 6.45) is 5.37. The zero-order valence-electron chi connectivity index (χ0n) is 12.1. The normalized spacial score (nSPS) is 15.2. The van der Waals surface area contributed by atoms with Gasteiger partial charge in [-0.15, -0.1) is 0 Å². The zero-order valence-corrected chi connectivity index (χ0v) is 12.1. The van der Waals surface area contributed by atoms with Gasteiger partial charge in [0.2, 0.25) is 0 Å². The van der Waals surface area contributed by atoms with Crippen molar-refractivity contribution in [2.24, 2.45) is 0 Å². The van der Waals surface area contributed by atoms with Crippen molar-refractivity contribution in [2.45, 2.75) is 31.7 Å². The molecular formula is C17H23NO2. The third kappa shape index (κ3) is 4.56. The predicted molar refractivity (Wildman–Crippen MR) is 80.8 cm³/mol. The minimum absolute atomic E-state index is 0.114. The molecule has 3 heteroatoms. The molecule has 0 unspecified atom stereocenters. The molecule has 0 radical (unpaired) electrons. The molecular weight excluding hydrogens is 250 g/mol. The van der Waals surface area contributed by atoms with Gasteiger partial charge in [-0.05, 0) is 38.1 Å². The van der Waals surface area contributed by atoms with E-state index in [9.17, 15) is 0 Å². The lowest BCUT2D eigenvalue weighted by Crippen LogP contribution is -2.32. The van der Waals surface area contributed by atoms with E-state index in [2.05, 4.69) is 23.8 Å². The second kappa shape index (κ2) is 7.94. The van der Waals surface area contributed by atoms with Crippen LogP contribution in [0.1, 0.15) is 31.2 Å². The number of aliphatic hydroxyl groups is 1. The molecule has 0 saturated heterocycles. The number of hydrogen-bond acceptors (Lipinski definition) is 3. The number of hydrogen-bond donors (Lipinski definition) is 1. The molecule has 1 aromatic carbocycles. The van der Waals surface area contributed by atoms with Crippen LogP contribution < -0.4 is 4.74 Å². The number of rotatable bonds is 5. The smallest absolute Gasteiger partial charge is 0.120 e. The highest BCUT2D eigenvalue weighted by Gasteiger charge is 2.18. The van der Waals surface area contributed by atoms with Crippen LogP contribution in [0.5, 0.6) is 5.75 Å². The average molecular weight is 273 g/mol. The lowest BCUT2D eigenvalue weighted by molar-refractivity contribution is 0.193. The van der Waals surface area contributed by atoms with Crippen LogP contribution in [0.4, 0.5) is 0 Å². The first kappa shape index (κ1) is 14.9. The van der Waals surface area contributed by atoms with Crippen molar-refractivity contribution in [2.75, 3.05) is 26.8 Å². The van der Waals surface area contributed by atoms with Crippen molar-refractivity contribution in [3.63, 3.8) is 0 Å². The van der Waals surface area contributed by atoms with Gasteiger partial charge in [-0.1, -0.05) is 30.7 Å². The Hall–Kier alpha value is -1.50. The van der Waals surface area contributed by atoms with E-state index in [0.717, 1.165) is 23.9 Å². The molecule has 0 amide bonds. The number of nitrogens with zero attached hydrogens (tertiary/aromatic N) is 1. The third-order valence-corrected chi connectivity index (χ3v) is 3.81. The van der Waals surface area contributed by atoms with Gasteiger partial charge in [-0.2, -0.15) is 0 Å². The lowest BCUT2D eigenvalue weighted by Gasteiger charge is -2.23. The van der Waals surface area contributed by atoms with E-state index in [-0.39, 0.29) is 6.61 Å². The van der Waals surface area contributed by atoms with Gasteiger partial charge in [0.15, 0.2) is 0 Å². The second-order valence-corrected chi connectivity index (χ2v) is 5.26. The highest BCUT2D eigenvalue weighted by Crippen LogP contribution is 2.22. The Bertz CT molecular complexity index is 469. The van der Waals surface area contributed by atoms with Gasteiger partial charge in [0.25, 0.3) is 0 Å². The molecule has 0 bridgehead atoms. The minimum Gasteiger partial charge on any atom is -0.492 e. The molecule has 3 nitrogen and oxygen atoms in total. The van der Waals surface area contributed by atoms with Crippen molar-refractivity contribution >= 4 is 0 Å². The van der Waals surface area contributed by atoms with Crippen LogP contribution in [0.2, 0.25) is 0 Å². The molecule has 0 heterocycles. The van der Waals surface area contributed by atoms with Gasteiger partial charge in [0, 0.05) is 18.2 Å². The van der Waals surface area contributed by atoms with E-state index >= 15 is 0 Å². The summed E-state index contributed by atoms with van der Waals surface area (Å²) in [7, 11) is 2.18.